The molecule has 1 aromatic heterocycles. The summed E-state index contributed by atoms with van der Waals surface area (Å²) in [6, 6.07) is 11.1. The van der Waals surface area contributed by atoms with E-state index in [1.54, 1.807) is 26.5 Å². The first-order chi connectivity index (χ1) is 12.6. The number of ether oxygens (including phenoxy) is 3. The van der Waals surface area contributed by atoms with Crippen LogP contribution < -0.4 is 14.2 Å². The van der Waals surface area contributed by atoms with E-state index in [1.165, 1.54) is 0 Å². The molecule has 0 aliphatic rings. The maximum Gasteiger partial charge on any atom is 0.153 e. The van der Waals surface area contributed by atoms with Crippen molar-refractivity contribution in [2.45, 2.75) is 20.0 Å². The third-order valence-electron chi connectivity index (χ3n) is 4.05. The van der Waals surface area contributed by atoms with Gasteiger partial charge in [0.1, 0.15) is 17.2 Å². The Morgan fingerprint density at radius 3 is 2.46 bits per heavy atom. The highest BCUT2D eigenvalue weighted by molar-refractivity contribution is 5.95. The Labute approximate surface area is 152 Å². The molecule has 0 amide bonds. The van der Waals surface area contributed by atoms with Crippen LogP contribution in [-0.4, -0.2) is 31.6 Å². The number of methoxy groups -OCH3 is 2. The second kappa shape index (κ2) is 7.44. The van der Waals surface area contributed by atoms with Crippen LogP contribution in [0.3, 0.4) is 0 Å². The summed E-state index contributed by atoms with van der Waals surface area (Å²) in [7, 11) is 3.17. The molecule has 0 saturated heterocycles. The van der Waals surface area contributed by atoms with Gasteiger partial charge in [-0.1, -0.05) is 12.1 Å². The molecule has 26 heavy (non-hydrogen) atoms. The smallest absolute Gasteiger partial charge is 0.153 e. The molecule has 1 heterocycles. The number of pyridine rings is 1. The highest BCUT2D eigenvalue weighted by Crippen LogP contribution is 2.42. The van der Waals surface area contributed by atoms with E-state index >= 15 is 0 Å². The predicted octanol–water partition coefficient (Wildman–Crippen LogP) is 4.52. The number of benzene rings is 2. The predicted molar refractivity (Wildman–Crippen MR) is 101 cm³/mol. The molecule has 0 aliphatic carbocycles. The van der Waals surface area contributed by atoms with Crippen molar-refractivity contribution in [1.29, 1.82) is 0 Å². The van der Waals surface area contributed by atoms with Gasteiger partial charge in [-0.15, -0.1) is 0 Å². The maximum absolute atomic E-state index is 11.4. The third-order valence-corrected chi connectivity index (χ3v) is 4.05. The highest BCUT2D eigenvalue weighted by Gasteiger charge is 2.19. The molecular weight excluding hydrogens is 330 g/mol. The van der Waals surface area contributed by atoms with E-state index in [9.17, 15) is 4.79 Å². The van der Waals surface area contributed by atoms with Crippen molar-refractivity contribution in [3.8, 4) is 28.4 Å². The normalized spacial score (nSPS) is 10.8. The zero-order valence-electron chi connectivity index (χ0n) is 15.3. The second-order valence-corrected chi connectivity index (χ2v) is 6.10. The van der Waals surface area contributed by atoms with Gasteiger partial charge in [-0.2, -0.15) is 0 Å². The van der Waals surface area contributed by atoms with Crippen LogP contribution in [-0.2, 0) is 0 Å². The van der Waals surface area contributed by atoms with Crippen LogP contribution in [0.25, 0.3) is 22.0 Å². The molecule has 0 bridgehead atoms. The molecule has 2 aromatic carbocycles. The fourth-order valence-electron chi connectivity index (χ4n) is 2.92. The number of hydrogen-bond donors (Lipinski definition) is 0. The number of aldehydes is 1. The van der Waals surface area contributed by atoms with Crippen molar-refractivity contribution < 1.29 is 19.0 Å². The number of aromatic nitrogens is 1. The van der Waals surface area contributed by atoms with Crippen molar-refractivity contribution in [2.75, 3.05) is 14.2 Å². The molecule has 3 aromatic rings. The fourth-order valence-corrected chi connectivity index (χ4v) is 2.92. The molecule has 0 saturated carbocycles. The van der Waals surface area contributed by atoms with Crippen LogP contribution in [0.4, 0.5) is 0 Å². The molecule has 0 unspecified atom stereocenters. The zero-order valence-corrected chi connectivity index (χ0v) is 15.3. The van der Waals surface area contributed by atoms with Crippen LogP contribution in [0.15, 0.2) is 42.6 Å². The first-order valence-electron chi connectivity index (χ1n) is 8.35. The van der Waals surface area contributed by atoms with Gasteiger partial charge in [0.15, 0.2) is 6.29 Å². The monoisotopic (exact) mass is 351 g/mol. The fraction of sp³-hybridized carbons (Fsp3) is 0.238. The average molecular weight is 351 g/mol. The summed E-state index contributed by atoms with van der Waals surface area (Å²) in [5, 5.41) is 0.842. The standard InChI is InChI=1S/C21H21NO4/c1-13(2)26-21-17-10-15(24-3)8-9-19(17)22-11-18(21)16-7-5-6-14(12-23)20(16)25-4/h5-13H,1-4H3. The van der Waals surface area contributed by atoms with Gasteiger partial charge in [-0.05, 0) is 38.1 Å². The maximum atomic E-state index is 11.4. The average Bonchev–Trinajstić information content (AvgIpc) is 2.66. The summed E-state index contributed by atoms with van der Waals surface area (Å²) in [6.45, 7) is 3.94. The van der Waals surface area contributed by atoms with Crippen molar-refractivity contribution in [3.05, 3.63) is 48.2 Å². The van der Waals surface area contributed by atoms with Crippen LogP contribution >= 0.6 is 0 Å². The largest absolute Gasteiger partial charge is 0.497 e. The Balaban J connectivity index is 2.34. The lowest BCUT2D eigenvalue weighted by atomic mass is 10.00. The van der Waals surface area contributed by atoms with Crippen molar-refractivity contribution in [1.82, 2.24) is 4.98 Å². The van der Waals surface area contributed by atoms with Crippen molar-refractivity contribution >= 4 is 17.2 Å². The van der Waals surface area contributed by atoms with E-state index in [-0.39, 0.29) is 6.10 Å². The molecule has 3 rings (SSSR count). The number of rotatable bonds is 6. The molecule has 5 heteroatoms. The summed E-state index contributed by atoms with van der Waals surface area (Å²) in [5.41, 5.74) is 2.80. The number of carbonyl (C=O) groups excluding carboxylic acids is 1. The van der Waals surface area contributed by atoms with E-state index in [4.69, 9.17) is 14.2 Å². The Hall–Kier alpha value is -3.08. The highest BCUT2D eigenvalue weighted by atomic mass is 16.5. The molecule has 0 radical (unpaired) electrons. The summed E-state index contributed by atoms with van der Waals surface area (Å²) in [4.78, 5) is 15.9. The molecule has 5 nitrogen and oxygen atoms in total. The number of hydrogen-bond acceptors (Lipinski definition) is 5. The molecule has 134 valence electrons. The summed E-state index contributed by atoms with van der Waals surface area (Å²) in [6.07, 6.45) is 2.49. The van der Waals surface area contributed by atoms with Crippen molar-refractivity contribution in [2.24, 2.45) is 0 Å². The van der Waals surface area contributed by atoms with Gasteiger partial charge in [0.2, 0.25) is 0 Å². The lowest BCUT2D eigenvalue weighted by Gasteiger charge is -2.19. The Kier molecular flexibility index (Phi) is 5.07. The number of carbonyl (C=O) groups is 1. The van der Waals surface area contributed by atoms with Gasteiger partial charge >= 0.3 is 0 Å². The summed E-state index contributed by atoms with van der Waals surface area (Å²) >= 11 is 0. The SMILES string of the molecule is COc1ccc2ncc(-c3cccc(C=O)c3OC)c(OC(C)C)c2c1. The third kappa shape index (κ3) is 3.20. The minimum absolute atomic E-state index is 0.0363. The van der Waals surface area contributed by atoms with Crippen LogP contribution in [0.2, 0.25) is 0 Å². The molecule has 0 N–H and O–H groups in total. The van der Waals surface area contributed by atoms with Crippen molar-refractivity contribution in [3.63, 3.8) is 0 Å². The first kappa shape index (κ1) is 17.7. The lowest BCUT2D eigenvalue weighted by molar-refractivity contribution is 0.112. The second-order valence-electron chi connectivity index (χ2n) is 6.10. The molecule has 0 fully saturated rings. The van der Waals surface area contributed by atoms with E-state index < -0.39 is 0 Å². The molecule has 0 spiro atoms. The van der Waals surface area contributed by atoms with Gasteiger partial charge in [0.05, 0.1) is 31.4 Å². The zero-order chi connectivity index (χ0) is 18.7. The first-order valence-corrected chi connectivity index (χ1v) is 8.35. The quantitative estimate of drug-likeness (QED) is 0.611. The molecule has 0 aliphatic heterocycles. The number of nitrogens with zero attached hydrogens (tertiary/aromatic N) is 1. The summed E-state index contributed by atoms with van der Waals surface area (Å²) < 4.78 is 17.0. The Morgan fingerprint density at radius 2 is 1.81 bits per heavy atom. The molecule has 0 atom stereocenters. The van der Waals surface area contributed by atoms with E-state index in [0.717, 1.165) is 34.1 Å². The van der Waals surface area contributed by atoms with E-state index in [2.05, 4.69) is 4.98 Å². The van der Waals surface area contributed by atoms with Gasteiger partial charge < -0.3 is 14.2 Å². The van der Waals surface area contributed by atoms with Gasteiger partial charge in [-0.25, -0.2) is 0 Å². The minimum Gasteiger partial charge on any atom is -0.497 e. The van der Waals surface area contributed by atoms with E-state index in [1.807, 2.05) is 44.2 Å². The van der Waals surface area contributed by atoms with Gasteiger partial charge in [0, 0.05) is 22.7 Å². The Bertz CT molecular complexity index is 950. The minimum atomic E-state index is -0.0363. The van der Waals surface area contributed by atoms with Crippen LogP contribution in [0, 0.1) is 0 Å². The van der Waals surface area contributed by atoms with Gasteiger partial charge in [0.25, 0.3) is 0 Å². The van der Waals surface area contributed by atoms with Crippen LogP contribution in [0.1, 0.15) is 24.2 Å². The number of para-hydroxylation sites is 1. The van der Waals surface area contributed by atoms with E-state index in [0.29, 0.717) is 17.1 Å². The lowest BCUT2D eigenvalue weighted by Crippen LogP contribution is -2.08. The Morgan fingerprint density at radius 1 is 1.00 bits per heavy atom. The number of fused-ring (bicyclic) bond motifs is 1. The summed E-state index contributed by atoms with van der Waals surface area (Å²) in [5.74, 6) is 1.91. The molecular formula is C21H21NO4. The topological polar surface area (TPSA) is 57.7 Å². The van der Waals surface area contributed by atoms with Crippen LogP contribution in [0.5, 0.6) is 17.2 Å². The van der Waals surface area contributed by atoms with Gasteiger partial charge in [-0.3, -0.25) is 9.78 Å².